The largest absolute Gasteiger partial charge is 0.385 e. The second kappa shape index (κ2) is 3.56. The van der Waals surface area contributed by atoms with Crippen molar-refractivity contribution < 1.29 is 5.11 Å². The highest BCUT2D eigenvalue weighted by atomic mass is 16.3. The van der Waals surface area contributed by atoms with Gasteiger partial charge in [-0.25, -0.2) is 0 Å². The Hall–Kier alpha value is -0.780. The fraction of sp³-hybridized carbons (Fsp3) is 0.500. The fourth-order valence-corrected chi connectivity index (χ4v) is 0.408. The maximum absolute atomic E-state index is 9.45. The minimum absolute atomic E-state index is 0.772. The maximum Gasteiger partial charge on any atom is 0.0871 e. The lowest BCUT2D eigenvalue weighted by molar-refractivity contribution is 0.120. The van der Waals surface area contributed by atoms with E-state index in [2.05, 4.69) is 12.3 Å². The first-order valence-corrected chi connectivity index (χ1v) is 3.65. The summed E-state index contributed by atoms with van der Waals surface area (Å²) in [5, 5.41) is 9.45. The standard InChI is InChI=1S/C10H16O/c1-8(2)6-7-9(3)10(4,5)11/h6,11H,1H2,2-5H3. The van der Waals surface area contributed by atoms with E-state index in [0.717, 1.165) is 11.1 Å². The van der Waals surface area contributed by atoms with Crippen LogP contribution in [0.3, 0.4) is 0 Å². The van der Waals surface area contributed by atoms with Crippen LogP contribution < -0.4 is 0 Å². The van der Waals surface area contributed by atoms with Gasteiger partial charge in [0.25, 0.3) is 0 Å². The molecule has 0 atom stereocenters. The summed E-state index contributed by atoms with van der Waals surface area (Å²) in [5.41, 5.74) is 3.95. The average molecular weight is 152 g/mol. The molecule has 62 valence electrons. The third kappa shape index (κ3) is 4.60. The van der Waals surface area contributed by atoms with Crippen LogP contribution in [-0.4, -0.2) is 10.7 Å². The zero-order chi connectivity index (χ0) is 9.07. The second-order valence-electron chi connectivity index (χ2n) is 3.32. The van der Waals surface area contributed by atoms with Crippen molar-refractivity contribution in [1.29, 1.82) is 0 Å². The predicted molar refractivity (Wildman–Crippen MR) is 48.4 cm³/mol. The molecule has 1 N–H and O–H groups in total. The van der Waals surface area contributed by atoms with Gasteiger partial charge in [0, 0.05) is 0 Å². The predicted octanol–water partition coefficient (Wildman–Crippen LogP) is 2.43. The molecule has 0 saturated carbocycles. The maximum atomic E-state index is 9.45. The monoisotopic (exact) mass is 152 g/mol. The number of allylic oxidation sites excluding steroid dienone is 1. The molecule has 0 heterocycles. The lowest BCUT2D eigenvalue weighted by atomic mass is 10.0. The molecule has 0 saturated heterocycles. The highest BCUT2D eigenvalue weighted by molar-refractivity contribution is 5.17. The minimum atomic E-state index is -0.772. The van der Waals surface area contributed by atoms with Crippen molar-refractivity contribution in [1.82, 2.24) is 0 Å². The molecule has 0 aliphatic heterocycles. The van der Waals surface area contributed by atoms with E-state index < -0.39 is 5.60 Å². The van der Waals surface area contributed by atoms with Crippen molar-refractivity contribution in [3.05, 3.63) is 29.5 Å². The molecule has 0 aromatic heterocycles. The first-order valence-electron chi connectivity index (χ1n) is 3.65. The van der Waals surface area contributed by atoms with E-state index in [1.807, 2.05) is 13.8 Å². The fourth-order valence-electron chi connectivity index (χ4n) is 0.408. The Kier molecular flexibility index (Phi) is 3.31. The molecule has 0 unspecified atom stereocenters. The first kappa shape index (κ1) is 10.2. The molecule has 0 aliphatic carbocycles. The van der Waals surface area contributed by atoms with Crippen molar-refractivity contribution in [3.63, 3.8) is 0 Å². The molecule has 0 bridgehead atoms. The molecule has 0 amide bonds. The first-order chi connectivity index (χ1) is 4.84. The average Bonchev–Trinajstić information content (AvgIpc) is 1.80. The summed E-state index contributed by atoms with van der Waals surface area (Å²) < 4.78 is 0. The Morgan fingerprint density at radius 3 is 2.18 bits per heavy atom. The molecule has 0 rings (SSSR count). The third-order valence-electron chi connectivity index (χ3n) is 1.45. The summed E-state index contributed by atoms with van der Waals surface area (Å²) in [6.07, 6.45) is 1.77. The zero-order valence-corrected chi connectivity index (χ0v) is 7.73. The van der Waals surface area contributed by atoms with E-state index in [1.165, 1.54) is 0 Å². The Morgan fingerprint density at radius 2 is 1.91 bits per heavy atom. The third-order valence-corrected chi connectivity index (χ3v) is 1.45. The van der Waals surface area contributed by atoms with Crippen LogP contribution in [-0.2, 0) is 0 Å². The number of rotatable bonds is 2. The molecule has 0 spiro atoms. The Labute approximate surface area is 68.7 Å². The van der Waals surface area contributed by atoms with Gasteiger partial charge in [-0.05, 0) is 39.3 Å². The van der Waals surface area contributed by atoms with Crippen molar-refractivity contribution in [3.8, 4) is 0 Å². The van der Waals surface area contributed by atoms with Crippen LogP contribution in [0.25, 0.3) is 0 Å². The second-order valence-corrected chi connectivity index (χ2v) is 3.32. The molecule has 0 radical (unpaired) electrons. The van der Waals surface area contributed by atoms with Gasteiger partial charge >= 0.3 is 0 Å². The number of hydrogen-bond acceptors (Lipinski definition) is 1. The topological polar surface area (TPSA) is 20.2 Å². The van der Waals surface area contributed by atoms with Crippen molar-refractivity contribution >= 4 is 0 Å². The molecule has 0 aliphatic rings. The van der Waals surface area contributed by atoms with Crippen molar-refractivity contribution in [2.45, 2.75) is 33.3 Å². The molecular formula is C10H16O. The lowest BCUT2D eigenvalue weighted by Gasteiger charge is -2.15. The normalized spacial score (nSPS) is 10.3. The van der Waals surface area contributed by atoms with Gasteiger partial charge in [-0.2, -0.15) is 0 Å². The molecule has 1 nitrogen and oxygen atoms in total. The minimum Gasteiger partial charge on any atom is -0.385 e. The molecule has 0 fully saturated rings. The van der Waals surface area contributed by atoms with Crippen LogP contribution in [0.1, 0.15) is 27.7 Å². The van der Waals surface area contributed by atoms with Crippen molar-refractivity contribution in [2.24, 2.45) is 0 Å². The van der Waals surface area contributed by atoms with Gasteiger partial charge in [-0.3, -0.25) is 0 Å². The van der Waals surface area contributed by atoms with Gasteiger partial charge in [0.15, 0.2) is 0 Å². The Balaban J connectivity index is 4.60. The Bertz CT molecular complexity index is 210. The van der Waals surface area contributed by atoms with E-state index in [0.29, 0.717) is 0 Å². The smallest absolute Gasteiger partial charge is 0.0871 e. The highest BCUT2D eigenvalue weighted by Crippen LogP contribution is 2.12. The summed E-state index contributed by atoms with van der Waals surface area (Å²) in [6.45, 7) is 10.9. The van der Waals surface area contributed by atoms with Crippen molar-refractivity contribution in [2.75, 3.05) is 0 Å². The molecule has 11 heavy (non-hydrogen) atoms. The summed E-state index contributed by atoms with van der Waals surface area (Å²) in [7, 11) is 0. The van der Waals surface area contributed by atoms with Crippen LogP contribution in [0.5, 0.6) is 0 Å². The molecule has 1 heteroatoms. The van der Waals surface area contributed by atoms with Gasteiger partial charge in [0.2, 0.25) is 0 Å². The summed E-state index contributed by atoms with van der Waals surface area (Å²) in [6, 6.07) is 0. The number of hydrogen-bond donors (Lipinski definition) is 1. The summed E-state index contributed by atoms with van der Waals surface area (Å²) >= 11 is 0. The van der Waals surface area contributed by atoms with Crippen LogP contribution in [0.15, 0.2) is 29.5 Å². The van der Waals surface area contributed by atoms with Gasteiger partial charge < -0.3 is 5.11 Å². The molecular weight excluding hydrogens is 136 g/mol. The van der Waals surface area contributed by atoms with E-state index in [4.69, 9.17) is 0 Å². The Morgan fingerprint density at radius 1 is 1.45 bits per heavy atom. The van der Waals surface area contributed by atoms with E-state index in [1.54, 1.807) is 19.9 Å². The zero-order valence-electron chi connectivity index (χ0n) is 7.73. The quantitative estimate of drug-likeness (QED) is 0.476. The van der Waals surface area contributed by atoms with E-state index in [9.17, 15) is 5.11 Å². The molecule has 0 aromatic carbocycles. The lowest BCUT2D eigenvalue weighted by Crippen LogP contribution is -2.19. The van der Waals surface area contributed by atoms with E-state index in [-0.39, 0.29) is 0 Å². The van der Waals surface area contributed by atoms with Gasteiger partial charge in [0.1, 0.15) is 0 Å². The van der Waals surface area contributed by atoms with Crippen LogP contribution in [0, 0.1) is 0 Å². The van der Waals surface area contributed by atoms with Crippen LogP contribution >= 0.6 is 0 Å². The summed E-state index contributed by atoms with van der Waals surface area (Å²) in [4.78, 5) is 0. The number of aliphatic hydroxyl groups is 1. The SMILES string of the molecule is C=C(C)C=C=C(C)C(C)(C)O. The van der Waals surface area contributed by atoms with E-state index >= 15 is 0 Å². The van der Waals surface area contributed by atoms with Gasteiger partial charge in [-0.1, -0.05) is 12.2 Å². The van der Waals surface area contributed by atoms with Gasteiger partial charge in [-0.15, -0.1) is 5.73 Å². The highest BCUT2D eigenvalue weighted by Gasteiger charge is 2.13. The summed E-state index contributed by atoms with van der Waals surface area (Å²) in [5.74, 6) is 0. The molecule has 0 aromatic rings. The van der Waals surface area contributed by atoms with Crippen LogP contribution in [0.4, 0.5) is 0 Å². The van der Waals surface area contributed by atoms with Gasteiger partial charge in [0.05, 0.1) is 5.60 Å². The van der Waals surface area contributed by atoms with Crippen LogP contribution in [0.2, 0.25) is 0 Å².